The molecule has 2 nitrogen and oxygen atoms in total. The maximum atomic E-state index is 13.2. The van der Waals surface area contributed by atoms with E-state index in [1.54, 1.807) is 0 Å². The summed E-state index contributed by atoms with van der Waals surface area (Å²) in [6, 6.07) is 3.76. The van der Waals surface area contributed by atoms with Crippen molar-refractivity contribution in [2.24, 2.45) is 5.92 Å². The van der Waals surface area contributed by atoms with Crippen molar-refractivity contribution in [3.63, 3.8) is 0 Å². The summed E-state index contributed by atoms with van der Waals surface area (Å²) in [5.41, 5.74) is 0.537. The number of unbranched alkanes of at least 4 members (excludes halogenated alkanes) is 4. The molecule has 21 heavy (non-hydrogen) atoms. The minimum absolute atomic E-state index is 0.410. The summed E-state index contributed by atoms with van der Waals surface area (Å²) in [6.07, 6.45) is 6.85. The van der Waals surface area contributed by atoms with E-state index in [-0.39, 0.29) is 0 Å². The molecule has 1 aliphatic heterocycles. The first kappa shape index (κ1) is 16.4. The molecule has 1 heterocycles. The Balaban J connectivity index is 1.71. The molecule has 1 aliphatic rings. The van der Waals surface area contributed by atoms with Gasteiger partial charge in [-0.05, 0) is 18.6 Å². The zero-order chi connectivity index (χ0) is 15.1. The molecule has 1 aromatic rings. The summed E-state index contributed by atoms with van der Waals surface area (Å²) in [6.45, 7) is 3.45. The molecule has 0 atom stereocenters. The Morgan fingerprint density at radius 1 is 1.00 bits per heavy atom. The quantitative estimate of drug-likeness (QED) is 0.660. The van der Waals surface area contributed by atoms with Crippen molar-refractivity contribution < 1.29 is 18.3 Å². The number of halogens is 2. The van der Waals surface area contributed by atoms with Crippen LogP contribution in [0.25, 0.3) is 0 Å². The van der Waals surface area contributed by atoms with Crippen LogP contribution in [0.1, 0.15) is 57.3 Å². The average molecular weight is 298 g/mol. The van der Waals surface area contributed by atoms with Crippen LogP contribution >= 0.6 is 0 Å². The molecule has 0 spiro atoms. The van der Waals surface area contributed by atoms with Crippen LogP contribution in [0.5, 0.6) is 0 Å². The summed E-state index contributed by atoms with van der Waals surface area (Å²) < 4.78 is 37.4. The summed E-state index contributed by atoms with van der Waals surface area (Å²) in [7, 11) is 0. The van der Waals surface area contributed by atoms with E-state index < -0.39 is 17.9 Å². The first-order chi connectivity index (χ1) is 10.2. The third-order valence-electron chi connectivity index (χ3n) is 3.90. The van der Waals surface area contributed by atoms with Gasteiger partial charge in [-0.25, -0.2) is 8.78 Å². The molecule has 1 fully saturated rings. The number of benzene rings is 1. The van der Waals surface area contributed by atoms with Crippen LogP contribution in [0.2, 0.25) is 0 Å². The molecule has 4 heteroatoms. The van der Waals surface area contributed by atoms with Crippen molar-refractivity contribution >= 4 is 0 Å². The van der Waals surface area contributed by atoms with E-state index in [9.17, 15) is 8.78 Å². The fourth-order valence-electron chi connectivity index (χ4n) is 2.60. The van der Waals surface area contributed by atoms with Crippen LogP contribution in [0.3, 0.4) is 0 Å². The largest absolute Gasteiger partial charge is 0.348 e. The van der Waals surface area contributed by atoms with Gasteiger partial charge in [-0.15, -0.1) is 0 Å². The van der Waals surface area contributed by atoms with Gasteiger partial charge in [0, 0.05) is 11.5 Å². The maximum Gasteiger partial charge on any atom is 0.183 e. The Morgan fingerprint density at radius 2 is 1.71 bits per heavy atom. The van der Waals surface area contributed by atoms with Crippen molar-refractivity contribution in [2.45, 2.75) is 51.7 Å². The van der Waals surface area contributed by atoms with Crippen molar-refractivity contribution in [3.8, 4) is 0 Å². The Bertz CT molecular complexity index is 429. The second-order valence-corrected chi connectivity index (χ2v) is 5.74. The normalized spacial score (nSPS) is 22.4. The third kappa shape index (κ3) is 5.04. The lowest BCUT2D eigenvalue weighted by atomic mass is 10.0. The first-order valence-corrected chi connectivity index (χ1v) is 7.89. The second-order valence-electron chi connectivity index (χ2n) is 5.74. The molecular weight excluding hydrogens is 274 g/mol. The SMILES string of the molecule is CCCCCCCC1COC(c2ccc(F)c(F)c2)OC1. The molecule has 0 amide bonds. The first-order valence-electron chi connectivity index (χ1n) is 7.89. The van der Waals surface area contributed by atoms with E-state index >= 15 is 0 Å². The number of ether oxygens (including phenoxy) is 2. The van der Waals surface area contributed by atoms with Gasteiger partial charge in [0.1, 0.15) is 0 Å². The lowest BCUT2D eigenvalue weighted by Gasteiger charge is -2.29. The standard InChI is InChI=1S/C17H24F2O2/c1-2-3-4-5-6-7-13-11-20-17(21-12-13)14-8-9-15(18)16(19)10-14/h8-10,13,17H,2-7,11-12H2,1H3. The van der Waals surface area contributed by atoms with Crippen molar-refractivity contribution in [3.05, 3.63) is 35.4 Å². The predicted molar refractivity (Wildman–Crippen MR) is 77.9 cm³/mol. The monoisotopic (exact) mass is 298 g/mol. The van der Waals surface area contributed by atoms with Crippen LogP contribution in [0.15, 0.2) is 18.2 Å². The van der Waals surface area contributed by atoms with E-state index in [0.29, 0.717) is 24.7 Å². The van der Waals surface area contributed by atoms with Crippen LogP contribution < -0.4 is 0 Å². The zero-order valence-electron chi connectivity index (χ0n) is 12.6. The Hall–Kier alpha value is -1.00. The lowest BCUT2D eigenvalue weighted by Crippen LogP contribution is -2.27. The fraction of sp³-hybridized carbons (Fsp3) is 0.647. The molecule has 0 bridgehead atoms. The lowest BCUT2D eigenvalue weighted by molar-refractivity contribution is -0.206. The molecule has 0 N–H and O–H groups in total. The molecule has 0 aliphatic carbocycles. The van der Waals surface area contributed by atoms with Crippen LogP contribution in [-0.4, -0.2) is 13.2 Å². The Kier molecular flexibility index (Phi) is 6.58. The number of hydrogen-bond donors (Lipinski definition) is 0. The van der Waals surface area contributed by atoms with Gasteiger partial charge < -0.3 is 9.47 Å². The summed E-state index contributed by atoms with van der Waals surface area (Å²) in [5.74, 6) is -1.30. The van der Waals surface area contributed by atoms with Crippen LogP contribution in [0.4, 0.5) is 8.78 Å². The van der Waals surface area contributed by atoms with Gasteiger partial charge in [0.05, 0.1) is 13.2 Å². The topological polar surface area (TPSA) is 18.5 Å². The van der Waals surface area contributed by atoms with E-state index in [1.807, 2.05) is 0 Å². The highest BCUT2D eigenvalue weighted by atomic mass is 19.2. The van der Waals surface area contributed by atoms with Gasteiger partial charge >= 0.3 is 0 Å². The third-order valence-corrected chi connectivity index (χ3v) is 3.90. The van der Waals surface area contributed by atoms with E-state index in [2.05, 4.69) is 6.92 Å². The van der Waals surface area contributed by atoms with Gasteiger partial charge in [0.25, 0.3) is 0 Å². The van der Waals surface area contributed by atoms with Gasteiger partial charge in [0.15, 0.2) is 17.9 Å². The molecular formula is C17H24F2O2. The van der Waals surface area contributed by atoms with Gasteiger partial charge in [-0.2, -0.15) is 0 Å². The van der Waals surface area contributed by atoms with Crippen molar-refractivity contribution in [1.29, 1.82) is 0 Å². The van der Waals surface area contributed by atoms with E-state index in [1.165, 1.54) is 38.2 Å². The minimum Gasteiger partial charge on any atom is -0.348 e. The summed E-state index contributed by atoms with van der Waals surface area (Å²) in [4.78, 5) is 0. The molecule has 0 unspecified atom stereocenters. The van der Waals surface area contributed by atoms with Crippen molar-refractivity contribution in [1.82, 2.24) is 0 Å². The maximum absolute atomic E-state index is 13.2. The zero-order valence-corrected chi connectivity index (χ0v) is 12.6. The summed E-state index contributed by atoms with van der Waals surface area (Å²) >= 11 is 0. The second kappa shape index (κ2) is 8.44. The summed E-state index contributed by atoms with van der Waals surface area (Å²) in [5, 5.41) is 0. The molecule has 0 radical (unpaired) electrons. The van der Waals surface area contributed by atoms with Gasteiger partial charge in [0.2, 0.25) is 0 Å². The Morgan fingerprint density at radius 3 is 2.38 bits per heavy atom. The fourth-order valence-corrected chi connectivity index (χ4v) is 2.60. The number of hydrogen-bond acceptors (Lipinski definition) is 2. The predicted octanol–water partition coefficient (Wildman–Crippen LogP) is 4.99. The molecule has 2 rings (SSSR count). The average Bonchev–Trinajstić information content (AvgIpc) is 2.50. The highest BCUT2D eigenvalue weighted by Crippen LogP contribution is 2.28. The van der Waals surface area contributed by atoms with Crippen LogP contribution in [0, 0.1) is 17.6 Å². The van der Waals surface area contributed by atoms with Gasteiger partial charge in [-0.1, -0.05) is 45.1 Å². The highest BCUT2D eigenvalue weighted by Gasteiger charge is 2.24. The highest BCUT2D eigenvalue weighted by molar-refractivity contribution is 5.19. The molecule has 0 aromatic heterocycles. The molecule has 1 saturated heterocycles. The smallest absolute Gasteiger partial charge is 0.183 e. The number of rotatable bonds is 7. The van der Waals surface area contributed by atoms with E-state index in [4.69, 9.17) is 9.47 Å². The van der Waals surface area contributed by atoms with E-state index in [0.717, 1.165) is 18.6 Å². The molecule has 1 aromatic carbocycles. The minimum atomic E-state index is -0.863. The van der Waals surface area contributed by atoms with Crippen LogP contribution in [-0.2, 0) is 9.47 Å². The van der Waals surface area contributed by atoms with Gasteiger partial charge in [-0.3, -0.25) is 0 Å². The molecule has 0 saturated carbocycles. The Labute approximate surface area is 125 Å². The molecule has 118 valence electrons. The van der Waals surface area contributed by atoms with Crippen molar-refractivity contribution in [2.75, 3.05) is 13.2 Å².